The zero-order valence-corrected chi connectivity index (χ0v) is 18.7. The van der Waals surface area contributed by atoms with Gasteiger partial charge in [0.05, 0.1) is 16.0 Å². The van der Waals surface area contributed by atoms with Gasteiger partial charge in [-0.15, -0.1) is 0 Å². The van der Waals surface area contributed by atoms with Gasteiger partial charge >= 0.3 is 6.18 Å². The van der Waals surface area contributed by atoms with Gasteiger partial charge in [-0.3, -0.25) is 0 Å². The number of hydrogen-bond donors (Lipinski definition) is 0. The van der Waals surface area contributed by atoms with Gasteiger partial charge in [-0.05, 0) is 73.4 Å². The second-order valence-electron chi connectivity index (χ2n) is 7.99. The predicted octanol–water partition coefficient (Wildman–Crippen LogP) is 6.41. The van der Waals surface area contributed by atoms with Crippen molar-refractivity contribution in [1.82, 2.24) is 3.97 Å². The van der Waals surface area contributed by atoms with Crippen LogP contribution in [0.3, 0.4) is 0 Å². The predicted molar refractivity (Wildman–Crippen MR) is 119 cm³/mol. The Bertz CT molecular complexity index is 1400. The zero-order valence-electron chi connectivity index (χ0n) is 17.9. The maximum absolute atomic E-state index is 13.6. The first kappa shape index (κ1) is 22.1. The van der Waals surface area contributed by atoms with Gasteiger partial charge in [-0.25, -0.2) is 12.4 Å². The summed E-state index contributed by atoms with van der Waals surface area (Å²) in [6.07, 6.45) is -4.31. The molecule has 0 radical (unpaired) electrons. The Kier molecular flexibility index (Phi) is 5.41. The van der Waals surface area contributed by atoms with Crippen molar-refractivity contribution < 1.29 is 21.6 Å². The number of rotatable bonds is 4. The van der Waals surface area contributed by atoms with Gasteiger partial charge in [0.25, 0.3) is 10.0 Å². The molecule has 7 heteroatoms. The van der Waals surface area contributed by atoms with Gasteiger partial charge in [0.2, 0.25) is 0 Å². The largest absolute Gasteiger partial charge is 0.416 e. The van der Waals surface area contributed by atoms with Crippen LogP contribution in [0.15, 0.2) is 71.6 Å². The maximum atomic E-state index is 13.6. The van der Waals surface area contributed by atoms with Crippen LogP contribution in [0.5, 0.6) is 0 Å². The van der Waals surface area contributed by atoms with Crippen LogP contribution in [-0.4, -0.2) is 12.4 Å². The summed E-state index contributed by atoms with van der Waals surface area (Å²) in [4.78, 5) is 0.0234. The van der Waals surface area contributed by atoms with E-state index >= 15 is 0 Å². The number of aryl methyl sites for hydroxylation is 3. The minimum absolute atomic E-state index is 0.0234. The lowest BCUT2D eigenvalue weighted by molar-refractivity contribution is -0.137. The number of hydrogen-bond acceptors (Lipinski definition) is 2. The monoisotopic (exact) mass is 457 g/mol. The molecule has 0 N–H and O–H groups in total. The van der Waals surface area contributed by atoms with E-state index in [4.69, 9.17) is 0 Å². The van der Waals surface area contributed by atoms with Crippen LogP contribution < -0.4 is 0 Å². The number of benzene rings is 3. The molecule has 0 fully saturated rings. The molecule has 1 aromatic heterocycles. The number of halogens is 3. The highest BCUT2D eigenvalue weighted by Gasteiger charge is 2.33. The van der Waals surface area contributed by atoms with Crippen molar-refractivity contribution in [3.05, 3.63) is 100 Å². The topological polar surface area (TPSA) is 39.1 Å². The molecule has 4 aromatic rings. The summed E-state index contributed by atoms with van der Waals surface area (Å²) in [5, 5.41) is 0.485. The van der Waals surface area contributed by atoms with E-state index in [1.807, 2.05) is 32.0 Å². The van der Waals surface area contributed by atoms with Crippen LogP contribution in [0, 0.1) is 20.8 Å². The quantitative estimate of drug-likeness (QED) is 0.355. The number of alkyl halides is 3. The van der Waals surface area contributed by atoms with Gasteiger partial charge in [-0.2, -0.15) is 13.2 Å². The highest BCUT2D eigenvalue weighted by atomic mass is 32.2. The fourth-order valence-electron chi connectivity index (χ4n) is 4.09. The third-order valence-electron chi connectivity index (χ3n) is 5.77. The molecule has 0 unspecified atom stereocenters. The first-order valence-corrected chi connectivity index (χ1v) is 11.5. The Morgan fingerprint density at radius 3 is 2.03 bits per heavy atom. The Labute approximate surface area is 185 Å². The average Bonchev–Trinajstić information content (AvgIpc) is 3.10. The SMILES string of the molecule is Cc1cccc(C)c1Cc1cc2c(C)cc(C(F)(F)F)cc2n1S(=O)(=O)c1ccccc1. The molecule has 0 amide bonds. The molecule has 166 valence electrons. The highest BCUT2D eigenvalue weighted by Crippen LogP contribution is 2.36. The summed E-state index contributed by atoms with van der Waals surface area (Å²) in [5.74, 6) is 0. The summed E-state index contributed by atoms with van der Waals surface area (Å²) in [5.41, 5.74) is 2.89. The van der Waals surface area contributed by atoms with Crippen molar-refractivity contribution in [2.24, 2.45) is 0 Å². The fraction of sp³-hybridized carbons (Fsp3) is 0.200. The van der Waals surface area contributed by atoms with Crippen molar-refractivity contribution in [1.29, 1.82) is 0 Å². The van der Waals surface area contributed by atoms with Gasteiger partial charge < -0.3 is 0 Å². The first-order chi connectivity index (χ1) is 15.0. The molecule has 0 aliphatic rings. The van der Waals surface area contributed by atoms with E-state index in [2.05, 4.69) is 0 Å². The van der Waals surface area contributed by atoms with Crippen molar-refractivity contribution in [3.8, 4) is 0 Å². The summed E-state index contributed by atoms with van der Waals surface area (Å²) >= 11 is 0. The van der Waals surface area contributed by atoms with Gasteiger partial charge in [0.15, 0.2) is 0 Å². The van der Waals surface area contributed by atoms with E-state index in [-0.39, 0.29) is 16.8 Å². The molecule has 0 saturated carbocycles. The lowest BCUT2D eigenvalue weighted by atomic mass is 9.98. The van der Waals surface area contributed by atoms with E-state index in [1.165, 1.54) is 12.1 Å². The zero-order chi connectivity index (χ0) is 23.3. The molecule has 1 heterocycles. The lowest BCUT2D eigenvalue weighted by Gasteiger charge is -2.15. The molecular weight excluding hydrogens is 435 g/mol. The van der Waals surface area contributed by atoms with Gasteiger partial charge in [-0.1, -0.05) is 36.4 Å². The first-order valence-electron chi connectivity index (χ1n) is 10.1. The molecule has 4 rings (SSSR count). The molecular formula is C25H22F3NO2S. The van der Waals surface area contributed by atoms with Crippen LogP contribution in [0.4, 0.5) is 13.2 Å². The summed E-state index contributed by atoms with van der Waals surface area (Å²) in [6.45, 7) is 5.45. The van der Waals surface area contributed by atoms with E-state index in [0.717, 1.165) is 32.8 Å². The minimum Gasteiger partial charge on any atom is -0.238 e. The van der Waals surface area contributed by atoms with Crippen molar-refractivity contribution in [2.45, 2.75) is 38.3 Å². The van der Waals surface area contributed by atoms with E-state index in [0.29, 0.717) is 16.6 Å². The Morgan fingerprint density at radius 2 is 1.44 bits per heavy atom. The maximum Gasteiger partial charge on any atom is 0.416 e. The molecule has 0 aliphatic carbocycles. The van der Waals surface area contributed by atoms with Crippen molar-refractivity contribution >= 4 is 20.9 Å². The number of nitrogens with zero attached hydrogens (tertiary/aromatic N) is 1. The lowest BCUT2D eigenvalue weighted by Crippen LogP contribution is -2.17. The standard InChI is InChI=1S/C25H22F3NO2S/c1-16-8-7-9-17(2)22(16)14-20-15-23-18(3)12-19(25(26,27)28)13-24(23)29(20)32(30,31)21-10-5-4-6-11-21/h4-13,15H,14H2,1-3H3. The van der Waals surface area contributed by atoms with Crippen LogP contribution in [0.25, 0.3) is 10.9 Å². The summed E-state index contributed by atoms with van der Waals surface area (Å²) < 4.78 is 69.0. The molecule has 3 aromatic carbocycles. The van der Waals surface area contributed by atoms with Crippen molar-refractivity contribution in [3.63, 3.8) is 0 Å². The Hall–Kier alpha value is -3.06. The van der Waals surface area contributed by atoms with Crippen LogP contribution in [-0.2, 0) is 22.6 Å². The van der Waals surface area contributed by atoms with Crippen LogP contribution >= 0.6 is 0 Å². The Morgan fingerprint density at radius 1 is 0.812 bits per heavy atom. The molecule has 0 saturated heterocycles. The van der Waals surface area contributed by atoms with Gasteiger partial charge in [0.1, 0.15) is 0 Å². The van der Waals surface area contributed by atoms with Crippen molar-refractivity contribution in [2.75, 3.05) is 0 Å². The molecule has 0 spiro atoms. The smallest absolute Gasteiger partial charge is 0.238 e. The number of aromatic nitrogens is 1. The fourth-order valence-corrected chi connectivity index (χ4v) is 5.64. The Balaban J connectivity index is 2.06. The second kappa shape index (κ2) is 7.81. The average molecular weight is 458 g/mol. The molecule has 3 nitrogen and oxygen atoms in total. The van der Waals surface area contributed by atoms with E-state index < -0.39 is 21.8 Å². The molecule has 0 aliphatic heterocycles. The van der Waals surface area contributed by atoms with E-state index in [9.17, 15) is 21.6 Å². The highest BCUT2D eigenvalue weighted by molar-refractivity contribution is 7.90. The molecule has 0 bridgehead atoms. The summed E-state index contributed by atoms with van der Waals surface area (Å²) in [7, 11) is -4.13. The third-order valence-corrected chi connectivity index (χ3v) is 7.55. The number of fused-ring (bicyclic) bond motifs is 1. The molecule has 32 heavy (non-hydrogen) atoms. The summed E-state index contributed by atoms with van der Waals surface area (Å²) in [6, 6.07) is 17.3. The second-order valence-corrected chi connectivity index (χ2v) is 9.78. The molecule has 0 atom stereocenters. The van der Waals surface area contributed by atoms with Gasteiger partial charge in [0, 0.05) is 17.5 Å². The minimum atomic E-state index is -4.59. The normalized spacial score (nSPS) is 12.4. The third kappa shape index (κ3) is 3.81. The van der Waals surface area contributed by atoms with E-state index in [1.54, 1.807) is 31.2 Å². The van der Waals surface area contributed by atoms with Crippen LogP contribution in [0.2, 0.25) is 0 Å². The van der Waals surface area contributed by atoms with Crippen LogP contribution in [0.1, 0.15) is 33.5 Å².